The molecule has 0 spiro atoms. The molecule has 1 aliphatic heterocycles. The molecule has 31 heavy (non-hydrogen) atoms. The number of hydrogen-bond donors (Lipinski definition) is 0. The Morgan fingerprint density at radius 3 is 1.90 bits per heavy atom. The van der Waals surface area contributed by atoms with E-state index in [0.29, 0.717) is 5.69 Å². The zero-order valence-corrected chi connectivity index (χ0v) is 17.3. The second-order valence-electron chi connectivity index (χ2n) is 8.87. The van der Waals surface area contributed by atoms with E-state index >= 15 is 0 Å². The normalized spacial score (nSPS) is 27.7. The lowest BCUT2D eigenvalue weighted by Gasteiger charge is -2.52. The van der Waals surface area contributed by atoms with Gasteiger partial charge in [0.05, 0.1) is 22.9 Å². The minimum atomic E-state index is -1.14. The first-order valence-electron chi connectivity index (χ1n) is 10.6. The summed E-state index contributed by atoms with van der Waals surface area (Å²) >= 11 is 0. The molecule has 7 rings (SSSR count). The summed E-state index contributed by atoms with van der Waals surface area (Å²) in [6.07, 6.45) is 0. The van der Waals surface area contributed by atoms with Crippen molar-refractivity contribution in [3.05, 3.63) is 101 Å². The van der Waals surface area contributed by atoms with Crippen LogP contribution in [0.25, 0.3) is 0 Å². The second kappa shape index (κ2) is 6.01. The Balaban J connectivity index is 1.67. The lowest BCUT2D eigenvalue weighted by molar-refractivity contribution is -0.132. The summed E-state index contributed by atoms with van der Waals surface area (Å²) in [7, 11) is 0. The molecule has 0 radical (unpaired) electrons. The third kappa shape index (κ3) is 2.03. The fraction of sp³-hybridized carbons (Fsp3) is 0.222. The van der Waals surface area contributed by atoms with Crippen LogP contribution in [0.15, 0.2) is 72.8 Å². The van der Waals surface area contributed by atoms with Gasteiger partial charge >= 0.3 is 0 Å². The van der Waals surface area contributed by atoms with E-state index in [-0.39, 0.29) is 23.5 Å². The van der Waals surface area contributed by atoms with Crippen LogP contribution in [-0.4, -0.2) is 17.6 Å². The Morgan fingerprint density at radius 1 is 0.806 bits per heavy atom. The molecule has 0 saturated carbocycles. The number of carbonyl (C=O) groups is 3. The first kappa shape index (κ1) is 18.3. The highest BCUT2D eigenvalue weighted by Crippen LogP contribution is 2.64. The van der Waals surface area contributed by atoms with Gasteiger partial charge in [-0.15, -0.1) is 0 Å². The molecule has 1 heterocycles. The van der Waals surface area contributed by atoms with E-state index in [1.165, 1.54) is 4.90 Å². The fourth-order valence-corrected chi connectivity index (χ4v) is 6.32. The highest BCUT2D eigenvalue weighted by Gasteiger charge is 2.69. The van der Waals surface area contributed by atoms with E-state index in [1.54, 1.807) is 6.92 Å². The highest BCUT2D eigenvalue weighted by molar-refractivity contribution is 6.25. The van der Waals surface area contributed by atoms with E-state index < -0.39 is 17.3 Å². The number of benzene rings is 3. The van der Waals surface area contributed by atoms with Crippen LogP contribution in [0.4, 0.5) is 5.69 Å². The van der Waals surface area contributed by atoms with Gasteiger partial charge in [-0.25, -0.2) is 4.90 Å². The van der Waals surface area contributed by atoms with Gasteiger partial charge in [0.2, 0.25) is 11.8 Å². The number of hydrogen-bond acceptors (Lipinski definition) is 3. The van der Waals surface area contributed by atoms with Crippen LogP contribution in [0.2, 0.25) is 0 Å². The van der Waals surface area contributed by atoms with Crippen LogP contribution in [0.1, 0.15) is 40.7 Å². The van der Waals surface area contributed by atoms with Crippen LogP contribution >= 0.6 is 0 Å². The van der Waals surface area contributed by atoms with E-state index in [0.717, 1.165) is 27.8 Å². The van der Waals surface area contributed by atoms with Gasteiger partial charge in [-0.05, 0) is 48.2 Å². The molecule has 3 aliphatic carbocycles. The van der Waals surface area contributed by atoms with Gasteiger partial charge in [0.1, 0.15) is 5.78 Å². The Labute approximate surface area is 180 Å². The predicted molar refractivity (Wildman–Crippen MR) is 117 cm³/mol. The topological polar surface area (TPSA) is 54.5 Å². The smallest absolute Gasteiger partial charge is 0.239 e. The Morgan fingerprint density at radius 2 is 1.35 bits per heavy atom. The molecular formula is C27H21NO3. The van der Waals surface area contributed by atoms with Crippen molar-refractivity contribution in [2.75, 3.05) is 4.90 Å². The van der Waals surface area contributed by atoms with Gasteiger partial charge in [0.25, 0.3) is 0 Å². The molecule has 2 amide bonds. The molecule has 0 N–H and O–H groups in total. The van der Waals surface area contributed by atoms with Gasteiger partial charge < -0.3 is 0 Å². The zero-order valence-electron chi connectivity index (χ0n) is 17.3. The minimum absolute atomic E-state index is 0.0903. The Hall–Kier alpha value is -3.53. The van der Waals surface area contributed by atoms with Crippen molar-refractivity contribution in [2.45, 2.75) is 25.2 Å². The number of imide groups is 1. The van der Waals surface area contributed by atoms with Crippen LogP contribution < -0.4 is 4.90 Å². The number of amides is 2. The molecule has 152 valence electrons. The molecule has 0 unspecified atom stereocenters. The summed E-state index contributed by atoms with van der Waals surface area (Å²) in [5.74, 6) is -2.12. The van der Waals surface area contributed by atoms with Crippen LogP contribution in [-0.2, 0) is 19.8 Å². The monoisotopic (exact) mass is 407 g/mol. The maximum Gasteiger partial charge on any atom is 0.239 e. The summed E-state index contributed by atoms with van der Waals surface area (Å²) in [5, 5.41) is 0. The number of carbonyl (C=O) groups excluding carboxylic acids is 3. The van der Waals surface area contributed by atoms with E-state index in [4.69, 9.17) is 0 Å². The van der Waals surface area contributed by atoms with Gasteiger partial charge in [-0.1, -0.05) is 66.2 Å². The van der Waals surface area contributed by atoms with Crippen molar-refractivity contribution >= 4 is 23.3 Å². The molecule has 3 aromatic carbocycles. The number of Topliss-reactive ketones (excluding diaryl/α,β-unsaturated/α-hetero) is 1. The quantitative estimate of drug-likeness (QED) is 0.600. The molecule has 2 atom stereocenters. The molecule has 4 aliphatic rings. The SMILES string of the molecule is CC(=O)C12c3ccccc3C(c3ccccc31)[C@H]1C(=O)N(c3ccc(C)cc3)C(=O)[C@H]12. The average Bonchev–Trinajstić information content (AvgIpc) is 3.05. The van der Waals surface area contributed by atoms with Crippen molar-refractivity contribution < 1.29 is 14.4 Å². The summed E-state index contributed by atoms with van der Waals surface area (Å²) in [4.78, 5) is 42.5. The molecule has 0 aromatic heterocycles. The number of rotatable bonds is 2. The molecule has 1 saturated heterocycles. The second-order valence-corrected chi connectivity index (χ2v) is 8.87. The highest BCUT2D eigenvalue weighted by atomic mass is 16.2. The van der Waals surface area contributed by atoms with Crippen LogP contribution in [0, 0.1) is 18.8 Å². The molecule has 2 bridgehead atoms. The van der Waals surface area contributed by atoms with E-state index in [2.05, 4.69) is 0 Å². The number of anilines is 1. The molecule has 1 fully saturated rings. The lowest BCUT2D eigenvalue weighted by atomic mass is 9.46. The molecular weight excluding hydrogens is 386 g/mol. The first-order valence-corrected chi connectivity index (χ1v) is 10.6. The van der Waals surface area contributed by atoms with Crippen molar-refractivity contribution in [1.82, 2.24) is 0 Å². The van der Waals surface area contributed by atoms with Crippen molar-refractivity contribution in [1.29, 1.82) is 0 Å². The average molecular weight is 407 g/mol. The van der Waals surface area contributed by atoms with Gasteiger partial charge in [0.15, 0.2) is 0 Å². The first-order chi connectivity index (χ1) is 15.0. The van der Waals surface area contributed by atoms with Crippen molar-refractivity contribution in [2.24, 2.45) is 11.8 Å². The summed E-state index contributed by atoms with van der Waals surface area (Å²) in [6.45, 7) is 3.53. The summed E-state index contributed by atoms with van der Waals surface area (Å²) in [6, 6.07) is 23.1. The zero-order chi connectivity index (χ0) is 21.5. The number of nitrogens with zero attached hydrogens (tertiary/aromatic N) is 1. The Kier molecular flexibility index (Phi) is 3.54. The maximum atomic E-state index is 13.9. The maximum absolute atomic E-state index is 13.9. The van der Waals surface area contributed by atoms with Crippen LogP contribution in [0.3, 0.4) is 0 Å². The lowest BCUT2D eigenvalue weighted by Crippen LogP contribution is -2.57. The van der Waals surface area contributed by atoms with Gasteiger partial charge in [0, 0.05) is 5.92 Å². The minimum Gasteiger partial charge on any atom is -0.299 e. The number of aryl methyl sites for hydroxylation is 1. The van der Waals surface area contributed by atoms with E-state index in [1.807, 2.05) is 79.7 Å². The molecule has 3 aromatic rings. The van der Waals surface area contributed by atoms with Gasteiger partial charge in [-0.3, -0.25) is 14.4 Å². The standard InChI is InChI=1S/C27H21NO3/c1-15-11-13-17(14-12-15)28-25(30)23-22-18-7-3-5-9-20(18)27(16(2)29,24(23)26(28)31)21-10-6-4-8-19(21)22/h3-14,22-24H,1-2H3/t22?,23-,24+,27?/m1/s1. The van der Waals surface area contributed by atoms with E-state index in [9.17, 15) is 14.4 Å². The van der Waals surface area contributed by atoms with Crippen molar-refractivity contribution in [3.63, 3.8) is 0 Å². The summed E-state index contributed by atoms with van der Waals surface area (Å²) < 4.78 is 0. The predicted octanol–water partition coefficient (Wildman–Crippen LogP) is 4.13. The third-order valence-corrected chi connectivity index (χ3v) is 7.47. The molecule has 4 heteroatoms. The number of ketones is 1. The van der Waals surface area contributed by atoms with Crippen LogP contribution in [0.5, 0.6) is 0 Å². The Bertz CT molecular complexity index is 1240. The molecule has 4 nitrogen and oxygen atoms in total. The third-order valence-electron chi connectivity index (χ3n) is 7.47. The van der Waals surface area contributed by atoms with Gasteiger partial charge in [-0.2, -0.15) is 0 Å². The fourth-order valence-electron chi connectivity index (χ4n) is 6.32. The van der Waals surface area contributed by atoms with Crippen molar-refractivity contribution in [3.8, 4) is 0 Å². The largest absolute Gasteiger partial charge is 0.299 e. The summed E-state index contributed by atoms with van der Waals surface area (Å²) in [5.41, 5.74) is 4.22.